The summed E-state index contributed by atoms with van der Waals surface area (Å²) in [6, 6.07) is 0. The van der Waals surface area contributed by atoms with Gasteiger partial charge in [-0.2, -0.15) is 0 Å². The van der Waals surface area contributed by atoms with Crippen molar-refractivity contribution in [2.45, 2.75) is 83.8 Å². The molecule has 3 nitrogen and oxygen atoms in total. The number of aliphatic hydroxyl groups excluding tert-OH is 2. The van der Waals surface area contributed by atoms with Crippen LogP contribution in [0.1, 0.15) is 71.6 Å². The van der Waals surface area contributed by atoms with Gasteiger partial charge < -0.3 is 14.9 Å². The molecule has 0 radical (unpaired) electrons. The van der Waals surface area contributed by atoms with Gasteiger partial charge in [-0.15, -0.1) is 0 Å². The summed E-state index contributed by atoms with van der Waals surface area (Å²) in [4.78, 5) is 0. The van der Waals surface area contributed by atoms with Gasteiger partial charge in [-0.25, -0.2) is 0 Å². The maximum absolute atomic E-state index is 11.3. The summed E-state index contributed by atoms with van der Waals surface area (Å²) in [6.07, 6.45) is 12.3. The number of hydrogen-bond acceptors (Lipinski definition) is 3. The quantitative estimate of drug-likeness (QED) is 0.672. The molecule has 152 valence electrons. The van der Waals surface area contributed by atoms with Gasteiger partial charge in [0, 0.05) is 13.2 Å². The molecule has 8 atom stereocenters. The zero-order valence-electron chi connectivity index (χ0n) is 17.2. The monoisotopic (exact) mass is 374 g/mol. The Hall–Kier alpha value is -0.380. The van der Waals surface area contributed by atoms with Crippen molar-refractivity contribution in [3.05, 3.63) is 11.6 Å². The minimum absolute atomic E-state index is 0.162. The molecule has 1 heterocycles. The molecule has 4 aliphatic carbocycles. The Morgan fingerprint density at radius 2 is 1.74 bits per heavy atom. The van der Waals surface area contributed by atoms with E-state index < -0.39 is 0 Å². The fourth-order valence-electron chi connectivity index (χ4n) is 8.54. The van der Waals surface area contributed by atoms with E-state index in [2.05, 4.69) is 19.9 Å². The summed E-state index contributed by atoms with van der Waals surface area (Å²) in [5.74, 6) is 2.74. The van der Waals surface area contributed by atoms with Gasteiger partial charge in [-0.3, -0.25) is 0 Å². The van der Waals surface area contributed by atoms with E-state index in [4.69, 9.17) is 4.74 Å². The van der Waals surface area contributed by atoms with Crippen LogP contribution in [-0.4, -0.2) is 35.6 Å². The Kier molecular flexibility index (Phi) is 4.53. The number of aliphatic hydroxyl groups is 2. The second-order valence-electron chi connectivity index (χ2n) is 11.0. The van der Waals surface area contributed by atoms with Gasteiger partial charge in [-0.1, -0.05) is 31.9 Å². The maximum atomic E-state index is 11.3. The number of fused-ring (bicyclic) bond motifs is 5. The van der Waals surface area contributed by atoms with Crippen LogP contribution in [0.5, 0.6) is 0 Å². The summed E-state index contributed by atoms with van der Waals surface area (Å²) in [5.41, 5.74) is 2.16. The van der Waals surface area contributed by atoms with Crippen LogP contribution < -0.4 is 0 Å². The molecule has 2 N–H and O–H groups in total. The van der Waals surface area contributed by atoms with E-state index in [0.29, 0.717) is 35.0 Å². The number of rotatable bonds is 1. The van der Waals surface area contributed by atoms with Gasteiger partial charge in [0.15, 0.2) is 0 Å². The molecule has 5 rings (SSSR count). The largest absolute Gasteiger partial charge is 0.393 e. The first kappa shape index (κ1) is 18.6. The van der Waals surface area contributed by atoms with Crippen molar-refractivity contribution < 1.29 is 14.9 Å². The molecular formula is C24H38O3. The molecule has 1 saturated heterocycles. The average molecular weight is 375 g/mol. The van der Waals surface area contributed by atoms with Gasteiger partial charge in [0.1, 0.15) is 0 Å². The molecule has 3 heteroatoms. The van der Waals surface area contributed by atoms with Crippen molar-refractivity contribution in [2.75, 3.05) is 13.2 Å². The van der Waals surface area contributed by atoms with Gasteiger partial charge in [0.05, 0.1) is 12.2 Å². The van der Waals surface area contributed by atoms with E-state index in [1.54, 1.807) is 0 Å². The van der Waals surface area contributed by atoms with Gasteiger partial charge in [0.25, 0.3) is 0 Å². The molecule has 4 fully saturated rings. The maximum Gasteiger partial charge on any atom is 0.0726 e. The Morgan fingerprint density at radius 3 is 2.52 bits per heavy atom. The van der Waals surface area contributed by atoms with Gasteiger partial charge >= 0.3 is 0 Å². The summed E-state index contributed by atoms with van der Waals surface area (Å²) in [6.45, 7) is 6.74. The van der Waals surface area contributed by atoms with Crippen LogP contribution in [-0.2, 0) is 4.74 Å². The molecule has 0 spiro atoms. The molecule has 27 heavy (non-hydrogen) atoms. The molecule has 1 aliphatic heterocycles. The van der Waals surface area contributed by atoms with Crippen molar-refractivity contribution >= 4 is 0 Å². The van der Waals surface area contributed by atoms with Crippen molar-refractivity contribution in [3.63, 3.8) is 0 Å². The van der Waals surface area contributed by atoms with Crippen LogP contribution in [0.25, 0.3) is 0 Å². The van der Waals surface area contributed by atoms with Crippen molar-refractivity contribution in [1.82, 2.24) is 0 Å². The number of hydrogen-bond donors (Lipinski definition) is 2. The third-order valence-electron chi connectivity index (χ3n) is 9.88. The van der Waals surface area contributed by atoms with E-state index in [0.717, 1.165) is 38.9 Å². The lowest BCUT2D eigenvalue weighted by atomic mass is 9.43. The average Bonchev–Trinajstić information content (AvgIpc) is 3.05. The third kappa shape index (κ3) is 2.71. The first-order chi connectivity index (χ1) is 12.9. The second kappa shape index (κ2) is 6.57. The van der Waals surface area contributed by atoms with Crippen LogP contribution in [0, 0.1) is 40.4 Å². The summed E-state index contributed by atoms with van der Waals surface area (Å²) in [5, 5.41) is 21.9. The zero-order valence-corrected chi connectivity index (χ0v) is 17.2. The molecule has 0 aromatic rings. The lowest BCUT2D eigenvalue weighted by Gasteiger charge is -2.62. The van der Waals surface area contributed by atoms with Crippen LogP contribution >= 0.6 is 0 Å². The highest BCUT2D eigenvalue weighted by molar-refractivity contribution is 5.29. The first-order valence-corrected chi connectivity index (χ1v) is 11.6. The minimum atomic E-state index is -0.329. The molecule has 0 amide bonds. The molecule has 0 aromatic carbocycles. The van der Waals surface area contributed by atoms with E-state index in [9.17, 15) is 10.2 Å². The standard InChI is InChI=1S/C24H38O3/c1-23-8-3-4-18(23)22-19(5-9-23)24(2)16(13-21(22)26)12-17(25)14-20(24)15-6-10-27-11-7-15/h14-19,21-22,25-26H,3-13H2,1-2H3/t16?,17?,18-,19+,21?,22-,23-,24-/m0/s1. The van der Waals surface area contributed by atoms with Crippen molar-refractivity contribution in [1.29, 1.82) is 0 Å². The summed E-state index contributed by atoms with van der Waals surface area (Å²) < 4.78 is 5.65. The Bertz CT molecular complexity index is 609. The predicted molar refractivity (Wildman–Crippen MR) is 106 cm³/mol. The molecule has 5 aliphatic rings. The normalized spacial score (nSPS) is 53.3. The lowest BCUT2D eigenvalue weighted by Crippen LogP contribution is -2.59. The number of ether oxygens (including phenoxy) is 1. The zero-order chi connectivity index (χ0) is 18.8. The van der Waals surface area contributed by atoms with Crippen LogP contribution in [0.2, 0.25) is 0 Å². The van der Waals surface area contributed by atoms with Crippen molar-refractivity contribution in [2.24, 2.45) is 40.4 Å². The van der Waals surface area contributed by atoms with Crippen LogP contribution in [0.3, 0.4) is 0 Å². The fraction of sp³-hybridized carbons (Fsp3) is 0.917. The van der Waals surface area contributed by atoms with E-state index in [1.165, 1.54) is 37.7 Å². The third-order valence-corrected chi connectivity index (χ3v) is 9.88. The van der Waals surface area contributed by atoms with Crippen LogP contribution in [0.4, 0.5) is 0 Å². The molecule has 3 saturated carbocycles. The minimum Gasteiger partial charge on any atom is -0.393 e. The molecule has 0 bridgehead atoms. The van der Waals surface area contributed by atoms with Crippen LogP contribution in [0.15, 0.2) is 11.6 Å². The summed E-state index contributed by atoms with van der Waals surface area (Å²) >= 11 is 0. The topological polar surface area (TPSA) is 49.7 Å². The Labute approximate surface area is 164 Å². The van der Waals surface area contributed by atoms with E-state index in [-0.39, 0.29) is 17.6 Å². The van der Waals surface area contributed by atoms with Gasteiger partial charge in [0.2, 0.25) is 0 Å². The fourth-order valence-corrected chi connectivity index (χ4v) is 8.54. The Balaban J connectivity index is 1.54. The smallest absolute Gasteiger partial charge is 0.0726 e. The highest BCUT2D eigenvalue weighted by Crippen LogP contribution is 2.67. The SMILES string of the molecule is C[C@@]12CCC[C@H]1[C@@H]1C(O)CC3CC(O)C=C(C4CCOCC4)[C@]3(C)[C@@H]1CC2. The molecule has 3 unspecified atom stereocenters. The first-order valence-electron chi connectivity index (χ1n) is 11.6. The second-order valence-corrected chi connectivity index (χ2v) is 11.0. The van der Waals surface area contributed by atoms with E-state index >= 15 is 0 Å². The highest BCUT2D eigenvalue weighted by Gasteiger charge is 2.62. The number of allylic oxidation sites excluding steroid dienone is 1. The van der Waals surface area contributed by atoms with Crippen molar-refractivity contribution in [3.8, 4) is 0 Å². The van der Waals surface area contributed by atoms with Gasteiger partial charge in [-0.05, 0) is 91.8 Å². The predicted octanol–water partition coefficient (Wildman–Crippen LogP) is 4.32. The summed E-state index contributed by atoms with van der Waals surface area (Å²) in [7, 11) is 0. The molecular weight excluding hydrogens is 336 g/mol. The van der Waals surface area contributed by atoms with E-state index in [1.807, 2.05) is 0 Å². The highest BCUT2D eigenvalue weighted by atomic mass is 16.5. The molecule has 0 aromatic heterocycles. The Morgan fingerprint density at radius 1 is 0.963 bits per heavy atom. The lowest BCUT2D eigenvalue weighted by molar-refractivity contribution is -0.145.